The van der Waals surface area contributed by atoms with Crippen molar-refractivity contribution in [3.8, 4) is 5.75 Å². The van der Waals surface area contributed by atoms with Crippen molar-refractivity contribution in [2.75, 3.05) is 25.5 Å². The number of urea groups is 1. The zero-order chi connectivity index (χ0) is 39.0. The molecular weight excluding hydrogens is 713 g/mol. The minimum Gasteiger partial charge on any atom is -0.489 e. The summed E-state index contributed by atoms with van der Waals surface area (Å²) in [6.07, 6.45) is 3.06. The van der Waals surface area contributed by atoms with Crippen LogP contribution in [0.2, 0.25) is 0 Å². The molecule has 2 heterocycles. The molecule has 0 spiro atoms. The van der Waals surface area contributed by atoms with E-state index in [2.05, 4.69) is 20.9 Å². The van der Waals surface area contributed by atoms with E-state index in [-0.39, 0.29) is 30.1 Å². The number of ether oxygens (including phenoxy) is 1. The lowest BCUT2D eigenvalue weighted by atomic mass is 10.0. The van der Waals surface area contributed by atoms with Crippen molar-refractivity contribution < 1.29 is 24.0 Å². The number of likely N-dealkylation sites (tertiary alicyclic amines) is 1. The first-order valence-electron chi connectivity index (χ1n) is 18.2. The predicted octanol–water partition coefficient (Wildman–Crippen LogP) is 6.99. The van der Waals surface area contributed by atoms with Crippen LogP contribution in [0.15, 0.2) is 121 Å². The third kappa shape index (κ3) is 8.81. The van der Waals surface area contributed by atoms with Crippen molar-refractivity contribution in [2.24, 2.45) is 0 Å². The fraction of sp³-hybridized carbons (Fsp3) is 0.214. The molecule has 0 radical (unpaired) electrons. The Bertz CT molecular complexity index is 2370. The summed E-state index contributed by atoms with van der Waals surface area (Å²) in [7, 11) is 1.76. The summed E-state index contributed by atoms with van der Waals surface area (Å²) in [5.74, 6) is 0.351. The minimum atomic E-state index is -0.535. The molecule has 1 fully saturated rings. The van der Waals surface area contributed by atoms with Crippen LogP contribution in [0.3, 0.4) is 0 Å². The number of piperidine rings is 1. The summed E-state index contributed by atoms with van der Waals surface area (Å²) < 4.78 is 8.04. The number of non-ortho nitro benzene ring substituents is 1. The van der Waals surface area contributed by atoms with Gasteiger partial charge in [-0.25, -0.2) is 9.48 Å². The van der Waals surface area contributed by atoms with Gasteiger partial charge in [-0.2, -0.15) is 0 Å². The lowest BCUT2D eigenvalue weighted by Crippen LogP contribution is -2.39. The molecule has 14 heteroatoms. The van der Waals surface area contributed by atoms with Crippen LogP contribution in [0.4, 0.5) is 16.2 Å². The summed E-state index contributed by atoms with van der Waals surface area (Å²) >= 11 is 0. The van der Waals surface area contributed by atoms with Crippen LogP contribution in [0.1, 0.15) is 56.4 Å². The number of hydrogen-bond donors (Lipinski definition) is 2. The Balaban J connectivity index is 0.937. The van der Waals surface area contributed by atoms with E-state index in [0.717, 1.165) is 21.9 Å². The van der Waals surface area contributed by atoms with Crippen LogP contribution < -0.4 is 15.4 Å². The standard InChI is InChI=1S/C42H40N8O6/c1-47(27-38-37-16-6-5-11-30(37)17-18-39(38)56-28-29-9-3-2-4-10-29)40(51)31-12-7-13-32(23-31)41(52)48-21-19-35(20-22-48)49-26-34(45-46-49)25-43-42(53)44-33-14-8-15-36(24-33)50(54)55/h2-18,23-24,26,35H,19-22,25,27-28H2,1H3,(H2,43,44,53). The van der Waals surface area contributed by atoms with Gasteiger partial charge in [-0.15, -0.1) is 5.10 Å². The largest absolute Gasteiger partial charge is 0.489 e. The topological polar surface area (TPSA) is 165 Å². The smallest absolute Gasteiger partial charge is 0.319 e. The van der Waals surface area contributed by atoms with E-state index in [1.165, 1.54) is 18.2 Å². The maximum atomic E-state index is 13.8. The number of amides is 4. The molecule has 7 rings (SSSR count). The van der Waals surface area contributed by atoms with Gasteiger partial charge in [-0.3, -0.25) is 19.7 Å². The fourth-order valence-electron chi connectivity index (χ4n) is 6.80. The van der Waals surface area contributed by atoms with E-state index in [1.54, 1.807) is 58.1 Å². The summed E-state index contributed by atoms with van der Waals surface area (Å²) in [6, 6.07) is 34.0. The SMILES string of the molecule is CN(Cc1c(OCc2ccccc2)ccc2ccccc12)C(=O)c1cccc(C(=O)N2CCC(n3cc(CNC(=O)Nc4cccc([N+](=O)[O-])c4)nn3)CC2)c1. The van der Waals surface area contributed by atoms with E-state index in [1.807, 2.05) is 66.7 Å². The van der Waals surface area contributed by atoms with Crippen molar-refractivity contribution >= 4 is 40.0 Å². The fourth-order valence-corrected chi connectivity index (χ4v) is 6.80. The zero-order valence-electron chi connectivity index (χ0n) is 30.7. The van der Waals surface area contributed by atoms with E-state index < -0.39 is 11.0 Å². The highest BCUT2D eigenvalue weighted by Gasteiger charge is 2.26. The normalized spacial score (nSPS) is 12.9. The summed E-state index contributed by atoms with van der Waals surface area (Å²) in [4.78, 5) is 53.8. The molecule has 0 aliphatic carbocycles. The monoisotopic (exact) mass is 752 g/mol. The number of carbonyl (C=O) groups is 3. The molecule has 1 aliphatic heterocycles. The Morgan fingerprint density at radius 3 is 2.45 bits per heavy atom. The maximum Gasteiger partial charge on any atom is 0.319 e. The Hall–Kier alpha value is -7.09. The first-order valence-corrected chi connectivity index (χ1v) is 18.2. The Kier molecular flexibility index (Phi) is 11.3. The summed E-state index contributed by atoms with van der Waals surface area (Å²) in [6.45, 7) is 1.80. The highest BCUT2D eigenvalue weighted by molar-refractivity contribution is 6.00. The van der Waals surface area contributed by atoms with Gasteiger partial charge in [0.1, 0.15) is 18.1 Å². The van der Waals surface area contributed by atoms with Crippen LogP contribution >= 0.6 is 0 Å². The van der Waals surface area contributed by atoms with Gasteiger partial charge >= 0.3 is 6.03 Å². The first kappa shape index (κ1) is 37.2. The van der Waals surface area contributed by atoms with E-state index in [9.17, 15) is 24.5 Å². The number of benzene rings is 5. The zero-order valence-corrected chi connectivity index (χ0v) is 30.7. The maximum absolute atomic E-state index is 13.8. The lowest BCUT2D eigenvalue weighted by Gasteiger charge is -2.32. The van der Waals surface area contributed by atoms with E-state index in [0.29, 0.717) is 67.3 Å². The number of carbonyl (C=O) groups excluding carboxylic acids is 3. The Morgan fingerprint density at radius 1 is 0.893 bits per heavy atom. The van der Waals surface area contributed by atoms with Crippen LogP contribution in [0.25, 0.3) is 10.8 Å². The molecule has 2 N–H and O–H groups in total. The number of nitrogens with zero attached hydrogens (tertiary/aromatic N) is 6. The van der Waals surface area contributed by atoms with Crippen molar-refractivity contribution in [3.63, 3.8) is 0 Å². The molecular formula is C42H40N8O6. The van der Waals surface area contributed by atoms with Crippen molar-refractivity contribution in [1.29, 1.82) is 0 Å². The van der Waals surface area contributed by atoms with Crippen LogP contribution in [0, 0.1) is 10.1 Å². The third-order valence-corrected chi connectivity index (χ3v) is 9.76. The number of fused-ring (bicyclic) bond motifs is 1. The van der Waals surface area contributed by atoms with Crippen LogP contribution in [0.5, 0.6) is 5.75 Å². The number of nitrogens with one attached hydrogen (secondary N) is 2. The van der Waals surface area contributed by atoms with Crippen molar-refractivity contribution in [2.45, 2.75) is 38.6 Å². The van der Waals surface area contributed by atoms with Gasteiger partial charge in [0.2, 0.25) is 0 Å². The second-order valence-electron chi connectivity index (χ2n) is 13.6. The van der Waals surface area contributed by atoms with Gasteiger partial charge in [0.05, 0.1) is 23.7 Å². The molecule has 4 amide bonds. The van der Waals surface area contributed by atoms with Crippen molar-refractivity contribution in [1.82, 2.24) is 30.1 Å². The number of hydrogen-bond acceptors (Lipinski definition) is 8. The highest BCUT2D eigenvalue weighted by atomic mass is 16.6. The molecule has 14 nitrogen and oxygen atoms in total. The molecule has 0 unspecified atom stereocenters. The molecule has 0 saturated carbocycles. The third-order valence-electron chi connectivity index (χ3n) is 9.76. The second kappa shape index (κ2) is 16.9. The lowest BCUT2D eigenvalue weighted by molar-refractivity contribution is -0.384. The molecule has 56 heavy (non-hydrogen) atoms. The number of aromatic nitrogens is 3. The molecule has 6 aromatic rings. The highest BCUT2D eigenvalue weighted by Crippen LogP contribution is 2.31. The molecule has 284 valence electrons. The number of anilines is 1. The molecule has 1 aliphatic rings. The predicted molar refractivity (Wildman–Crippen MR) is 210 cm³/mol. The summed E-state index contributed by atoms with van der Waals surface area (Å²) in [5, 5.41) is 26.7. The van der Waals surface area contributed by atoms with Gasteiger partial charge < -0.3 is 25.2 Å². The van der Waals surface area contributed by atoms with Crippen LogP contribution in [-0.2, 0) is 19.7 Å². The minimum absolute atomic E-state index is 0.0104. The van der Waals surface area contributed by atoms with E-state index >= 15 is 0 Å². The van der Waals surface area contributed by atoms with Gasteiger partial charge in [0, 0.05) is 61.2 Å². The first-order chi connectivity index (χ1) is 27.2. The Morgan fingerprint density at radius 2 is 1.64 bits per heavy atom. The average molecular weight is 753 g/mol. The summed E-state index contributed by atoms with van der Waals surface area (Å²) in [5.41, 5.74) is 3.52. The quantitative estimate of drug-likeness (QED) is 0.0998. The number of rotatable bonds is 12. The number of nitro groups is 1. The van der Waals surface area contributed by atoms with E-state index in [4.69, 9.17) is 4.74 Å². The molecule has 1 saturated heterocycles. The van der Waals surface area contributed by atoms with Crippen LogP contribution in [-0.4, -0.2) is 67.7 Å². The van der Waals surface area contributed by atoms with Crippen molar-refractivity contribution in [3.05, 3.63) is 160 Å². The van der Waals surface area contributed by atoms with Gasteiger partial charge in [-0.05, 0) is 59.5 Å². The van der Waals surface area contributed by atoms with Gasteiger partial charge in [-0.1, -0.05) is 78.0 Å². The molecule has 0 atom stereocenters. The average Bonchev–Trinajstić information content (AvgIpc) is 3.72. The molecule has 0 bridgehead atoms. The number of nitro benzene ring substituents is 1. The Labute approximate surface area is 322 Å². The molecule has 5 aromatic carbocycles. The van der Waals surface area contributed by atoms with Gasteiger partial charge in [0.15, 0.2) is 0 Å². The second-order valence-corrected chi connectivity index (χ2v) is 13.6. The molecule has 1 aromatic heterocycles. The van der Waals surface area contributed by atoms with Gasteiger partial charge in [0.25, 0.3) is 17.5 Å².